The maximum atomic E-state index is 12.2. The zero-order valence-corrected chi connectivity index (χ0v) is 14.2. The molecule has 0 fully saturated rings. The summed E-state index contributed by atoms with van der Waals surface area (Å²) in [7, 11) is 0. The van der Waals surface area contributed by atoms with Gasteiger partial charge in [-0.1, -0.05) is 12.1 Å². The van der Waals surface area contributed by atoms with Gasteiger partial charge >= 0.3 is 5.97 Å². The number of ether oxygens (including phenoxy) is 3. The van der Waals surface area contributed by atoms with Gasteiger partial charge in [-0.05, 0) is 52.9 Å². The quantitative estimate of drug-likeness (QED) is 0.429. The molecule has 0 saturated carbocycles. The summed E-state index contributed by atoms with van der Waals surface area (Å²) in [6, 6.07) is 12.0. The van der Waals surface area contributed by atoms with E-state index in [9.17, 15) is 9.59 Å². The Kier molecular flexibility index (Phi) is 4.80. The van der Waals surface area contributed by atoms with Crippen LogP contribution in [-0.4, -0.2) is 31.6 Å². The molecule has 0 spiro atoms. The van der Waals surface area contributed by atoms with E-state index < -0.39 is 5.97 Å². The van der Waals surface area contributed by atoms with Gasteiger partial charge in [-0.3, -0.25) is 4.79 Å². The molecule has 0 aromatic heterocycles. The third kappa shape index (κ3) is 3.64. The van der Waals surface area contributed by atoms with Crippen molar-refractivity contribution in [1.29, 1.82) is 0 Å². The standard InChI is InChI=1S/C17H13IO5/c18-13-4-2-1-3-12(13)17(20)23-10-14(19)11-5-6-15-16(9-11)22-8-7-21-15/h1-6,9H,7-8,10H2. The predicted molar refractivity (Wildman–Crippen MR) is 91.2 cm³/mol. The maximum absolute atomic E-state index is 12.2. The molecule has 1 heterocycles. The van der Waals surface area contributed by atoms with Gasteiger partial charge in [0.15, 0.2) is 23.9 Å². The Morgan fingerprint density at radius 2 is 1.78 bits per heavy atom. The van der Waals surface area contributed by atoms with Gasteiger partial charge in [0.1, 0.15) is 13.2 Å². The first-order valence-corrected chi connectivity index (χ1v) is 8.07. The number of halogens is 1. The summed E-state index contributed by atoms with van der Waals surface area (Å²) in [6.07, 6.45) is 0. The van der Waals surface area contributed by atoms with Gasteiger partial charge in [-0.25, -0.2) is 4.79 Å². The summed E-state index contributed by atoms with van der Waals surface area (Å²) in [5.74, 6) is 0.344. The Hall–Kier alpha value is -2.09. The Labute approximate surface area is 146 Å². The highest BCUT2D eigenvalue weighted by molar-refractivity contribution is 14.1. The highest BCUT2D eigenvalue weighted by Crippen LogP contribution is 2.30. The van der Waals surface area contributed by atoms with E-state index in [-0.39, 0.29) is 12.4 Å². The van der Waals surface area contributed by atoms with Crippen LogP contribution in [0, 0.1) is 3.57 Å². The summed E-state index contributed by atoms with van der Waals surface area (Å²) in [4.78, 5) is 24.2. The number of fused-ring (bicyclic) bond motifs is 1. The molecule has 0 unspecified atom stereocenters. The van der Waals surface area contributed by atoms with Crippen LogP contribution in [0.5, 0.6) is 11.5 Å². The molecule has 0 aliphatic carbocycles. The van der Waals surface area contributed by atoms with E-state index in [0.29, 0.717) is 35.8 Å². The van der Waals surface area contributed by atoms with E-state index in [1.807, 2.05) is 6.07 Å². The van der Waals surface area contributed by atoms with Gasteiger partial charge < -0.3 is 14.2 Å². The number of ketones is 1. The van der Waals surface area contributed by atoms with Crippen molar-refractivity contribution in [3.05, 3.63) is 57.2 Å². The molecule has 6 heteroatoms. The van der Waals surface area contributed by atoms with E-state index in [2.05, 4.69) is 22.6 Å². The molecular formula is C17H13IO5. The van der Waals surface area contributed by atoms with Crippen molar-refractivity contribution >= 4 is 34.3 Å². The summed E-state index contributed by atoms with van der Waals surface area (Å²) in [5.41, 5.74) is 0.868. The second kappa shape index (κ2) is 6.99. The summed E-state index contributed by atoms with van der Waals surface area (Å²) >= 11 is 2.05. The Morgan fingerprint density at radius 1 is 1.04 bits per heavy atom. The molecule has 2 aromatic carbocycles. The normalized spacial score (nSPS) is 12.6. The molecule has 0 bridgehead atoms. The fraction of sp³-hybridized carbons (Fsp3) is 0.176. The van der Waals surface area contributed by atoms with E-state index in [1.54, 1.807) is 36.4 Å². The number of esters is 1. The van der Waals surface area contributed by atoms with Crippen molar-refractivity contribution in [2.24, 2.45) is 0 Å². The second-order valence-electron chi connectivity index (χ2n) is 4.84. The summed E-state index contributed by atoms with van der Waals surface area (Å²) < 4.78 is 16.7. The molecule has 0 radical (unpaired) electrons. The third-order valence-corrected chi connectivity index (χ3v) is 4.23. The molecule has 2 aromatic rings. The lowest BCUT2D eigenvalue weighted by atomic mass is 10.1. The lowest BCUT2D eigenvalue weighted by Gasteiger charge is -2.18. The van der Waals surface area contributed by atoms with Crippen LogP contribution in [-0.2, 0) is 4.74 Å². The minimum absolute atomic E-state index is 0.290. The zero-order chi connectivity index (χ0) is 16.2. The highest BCUT2D eigenvalue weighted by atomic mass is 127. The zero-order valence-electron chi connectivity index (χ0n) is 12.1. The Balaban J connectivity index is 1.66. The van der Waals surface area contributed by atoms with Crippen LogP contribution < -0.4 is 9.47 Å². The largest absolute Gasteiger partial charge is 0.486 e. The lowest BCUT2D eigenvalue weighted by molar-refractivity contribution is 0.0473. The lowest BCUT2D eigenvalue weighted by Crippen LogP contribution is -2.17. The average molecular weight is 424 g/mol. The molecule has 0 amide bonds. The molecule has 1 aliphatic rings. The fourth-order valence-corrected chi connectivity index (χ4v) is 2.74. The van der Waals surface area contributed by atoms with Gasteiger partial charge in [0.05, 0.1) is 5.56 Å². The minimum atomic E-state index is -0.513. The molecule has 5 nitrogen and oxygen atoms in total. The van der Waals surface area contributed by atoms with Crippen LogP contribution in [0.25, 0.3) is 0 Å². The van der Waals surface area contributed by atoms with Crippen molar-refractivity contribution in [2.75, 3.05) is 19.8 Å². The third-order valence-electron chi connectivity index (χ3n) is 3.29. The van der Waals surface area contributed by atoms with E-state index in [1.165, 1.54) is 0 Å². The molecule has 0 saturated heterocycles. The number of rotatable bonds is 4. The van der Waals surface area contributed by atoms with E-state index >= 15 is 0 Å². The summed E-state index contributed by atoms with van der Waals surface area (Å²) in [5, 5.41) is 0. The predicted octanol–water partition coefficient (Wildman–Crippen LogP) is 3.10. The number of Topliss-reactive ketones (excluding diaryl/α,β-unsaturated/α-hetero) is 1. The monoisotopic (exact) mass is 424 g/mol. The number of carbonyl (C=O) groups is 2. The van der Waals surface area contributed by atoms with Crippen molar-refractivity contribution in [3.8, 4) is 11.5 Å². The van der Waals surface area contributed by atoms with Crippen LogP contribution in [0.3, 0.4) is 0 Å². The Bertz CT molecular complexity index is 756. The van der Waals surface area contributed by atoms with Crippen molar-refractivity contribution in [2.45, 2.75) is 0 Å². The molecule has 118 valence electrons. The number of benzene rings is 2. The van der Waals surface area contributed by atoms with Gasteiger partial charge in [-0.15, -0.1) is 0 Å². The number of hydrogen-bond donors (Lipinski definition) is 0. The van der Waals surface area contributed by atoms with Gasteiger partial charge in [0, 0.05) is 9.13 Å². The van der Waals surface area contributed by atoms with Crippen molar-refractivity contribution < 1.29 is 23.8 Å². The van der Waals surface area contributed by atoms with Crippen LogP contribution in [0.15, 0.2) is 42.5 Å². The molecule has 23 heavy (non-hydrogen) atoms. The molecule has 1 aliphatic heterocycles. The van der Waals surface area contributed by atoms with E-state index in [4.69, 9.17) is 14.2 Å². The first-order valence-electron chi connectivity index (χ1n) is 6.99. The maximum Gasteiger partial charge on any atom is 0.339 e. The second-order valence-corrected chi connectivity index (χ2v) is 6.00. The molecule has 0 N–H and O–H groups in total. The van der Waals surface area contributed by atoms with Crippen LogP contribution in [0.1, 0.15) is 20.7 Å². The number of hydrogen-bond acceptors (Lipinski definition) is 5. The molecule has 0 atom stereocenters. The van der Waals surface area contributed by atoms with Crippen LogP contribution in [0.2, 0.25) is 0 Å². The first kappa shape index (κ1) is 15.8. The minimum Gasteiger partial charge on any atom is -0.486 e. The van der Waals surface area contributed by atoms with Crippen LogP contribution in [0.4, 0.5) is 0 Å². The topological polar surface area (TPSA) is 61.8 Å². The summed E-state index contributed by atoms with van der Waals surface area (Å²) in [6.45, 7) is 0.628. The first-order chi connectivity index (χ1) is 11.1. The van der Waals surface area contributed by atoms with Crippen molar-refractivity contribution in [1.82, 2.24) is 0 Å². The average Bonchev–Trinajstić information content (AvgIpc) is 2.59. The SMILES string of the molecule is O=C(COC(=O)c1ccccc1I)c1ccc2c(c1)OCCO2. The Morgan fingerprint density at radius 3 is 2.57 bits per heavy atom. The van der Waals surface area contributed by atoms with Gasteiger partial charge in [-0.2, -0.15) is 0 Å². The highest BCUT2D eigenvalue weighted by Gasteiger charge is 2.17. The fourth-order valence-electron chi connectivity index (χ4n) is 2.14. The van der Waals surface area contributed by atoms with Gasteiger partial charge in [0.2, 0.25) is 0 Å². The smallest absolute Gasteiger partial charge is 0.339 e. The van der Waals surface area contributed by atoms with Crippen molar-refractivity contribution in [3.63, 3.8) is 0 Å². The number of carbonyl (C=O) groups excluding carboxylic acids is 2. The van der Waals surface area contributed by atoms with E-state index in [0.717, 1.165) is 3.57 Å². The molecular weight excluding hydrogens is 411 g/mol. The molecule has 3 rings (SSSR count). The van der Waals surface area contributed by atoms with Crippen LogP contribution >= 0.6 is 22.6 Å². The van der Waals surface area contributed by atoms with Gasteiger partial charge in [0.25, 0.3) is 0 Å².